The van der Waals surface area contributed by atoms with Crippen molar-refractivity contribution in [2.24, 2.45) is 0 Å². The zero-order valence-corrected chi connectivity index (χ0v) is 12.8. The summed E-state index contributed by atoms with van der Waals surface area (Å²) in [5.74, 6) is 2.08. The number of hydrogen-bond acceptors (Lipinski definition) is 6. The Morgan fingerprint density at radius 3 is 2.05 bits per heavy atom. The summed E-state index contributed by atoms with van der Waals surface area (Å²) in [4.78, 5) is 0. The third-order valence-electron chi connectivity index (χ3n) is 2.52. The van der Waals surface area contributed by atoms with E-state index in [-0.39, 0.29) is 5.75 Å². The van der Waals surface area contributed by atoms with Gasteiger partial charge < -0.3 is 19.5 Å². The maximum Gasteiger partial charge on any atom is 0.148 e. The van der Waals surface area contributed by atoms with Gasteiger partial charge in [-0.3, -0.25) is 0 Å². The van der Waals surface area contributed by atoms with Gasteiger partial charge in [0.05, 0.1) is 20.0 Å². The molecule has 0 bridgehead atoms. The van der Waals surface area contributed by atoms with Gasteiger partial charge in [0, 0.05) is 37.5 Å². The van der Waals surface area contributed by atoms with Crippen LogP contribution in [0.25, 0.3) is 0 Å². The van der Waals surface area contributed by atoms with Gasteiger partial charge in [-0.2, -0.15) is 0 Å². The van der Waals surface area contributed by atoms with Gasteiger partial charge in [0.15, 0.2) is 0 Å². The Balaban J connectivity index is 2.34. The van der Waals surface area contributed by atoms with Crippen LogP contribution in [0.1, 0.15) is 0 Å². The van der Waals surface area contributed by atoms with Crippen LogP contribution in [0.15, 0.2) is 18.2 Å². The Morgan fingerprint density at radius 1 is 1.00 bits per heavy atom. The van der Waals surface area contributed by atoms with Crippen molar-refractivity contribution in [3.63, 3.8) is 0 Å². The van der Waals surface area contributed by atoms with Crippen LogP contribution in [0.2, 0.25) is 0 Å². The highest BCUT2D eigenvalue weighted by Gasteiger charge is 2.03. The lowest BCUT2D eigenvalue weighted by molar-refractivity contribution is 0.309. The fourth-order valence-corrected chi connectivity index (χ4v) is 2.00. The van der Waals surface area contributed by atoms with Crippen molar-refractivity contribution in [2.75, 3.05) is 45.9 Å². The Kier molecular flexibility index (Phi) is 6.60. The molecule has 0 aromatic heterocycles. The smallest absolute Gasteiger partial charge is 0.148 e. The van der Waals surface area contributed by atoms with E-state index in [2.05, 4.69) is 5.32 Å². The monoisotopic (exact) mass is 303 g/mol. The molecule has 114 valence electrons. The zero-order valence-electron chi connectivity index (χ0n) is 12.0. The highest BCUT2D eigenvalue weighted by atomic mass is 32.2. The Hall–Kier alpha value is -1.47. The summed E-state index contributed by atoms with van der Waals surface area (Å²) >= 11 is 0. The van der Waals surface area contributed by atoms with Gasteiger partial charge in [0.2, 0.25) is 0 Å². The molecule has 0 saturated carbocycles. The van der Waals surface area contributed by atoms with E-state index in [0.29, 0.717) is 36.9 Å². The van der Waals surface area contributed by atoms with E-state index in [1.165, 1.54) is 6.26 Å². The molecule has 1 rings (SSSR count). The van der Waals surface area contributed by atoms with E-state index >= 15 is 0 Å². The summed E-state index contributed by atoms with van der Waals surface area (Å²) in [5, 5.41) is 3.00. The molecule has 0 radical (unpaired) electrons. The molecule has 0 fully saturated rings. The normalized spacial score (nSPS) is 11.2. The van der Waals surface area contributed by atoms with Crippen LogP contribution in [0, 0.1) is 0 Å². The zero-order chi connectivity index (χ0) is 15.0. The number of nitrogens with one attached hydrogen (secondary N) is 1. The van der Waals surface area contributed by atoms with Crippen molar-refractivity contribution in [2.45, 2.75) is 0 Å². The second kappa shape index (κ2) is 7.96. The fraction of sp³-hybridized carbons (Fsp3) is 0.538. The molecule has 0 aliphatic rings. The standard InChI is InChI=1S/C13H21NO5S/c1-17-11-8-12(18-2)10-13(9-11)19-6-4-14-5-7-20(3,15)16/h8-10,14H,4-7H2,1-3H3. The van der Waals surface area contributed by atoms with Crippen molar-refractivity contribution >= 4 is 9.84 Å². The van der Waals surface area contributed by atoms with Crippen LogP contribution in [-0.2, 0) is 9.84 Å². The molecule has 0 saturated heterocycles. The van der Waals surface area contributed by atoms with Gasteiger partial charge in [-0.05, 0) is 0 Å². The molecular formula is C13H21NO5S. The number of benzene rings is 1. The van der Waals surface area contributed by atoms with Crippen molar-refractivity contribution in [3.8, 4) is 17.2 Å². The first-order chi connectivity index (χ1) is 9.44. The predicted octanol–water partition coefficient (Wildman–Crippen LogP) is 0.717. The molecule has 7 heteroatoms. The van der Waals surface area contributed by atoms with Crippen molar-refractivity contribution < 1.29 is 22.6 Å². The number of ether oxygens (including phenoxy) is 3. The number of methoxy groups -OCH3 is 2. The SMILES string of the molecule is COc1cc(OC)cc(OCCNCCS(C)(=O)=O)c1. The number of sulfone groups is 1. The molecule has 1 N–H and O–H groups in total. The summed E-state index contributed by atoms with van der Waals surface area (Å²) in [5.41, 5.74) is 0. The summed E-state index contributed by atoms with van der Waals surface area (Å²) < 4.78 is 37.7. The molecule has 0 aliphatic heterocycles. The maximum atomic E-state index is 10.9. The van der Waals surface area contributed by atoms with Gasteiger partial charge in [0.1, 0.15) is 33.7 Å². The quantitative estimate of drug-likeness (QED) is 0.678. The minimum Gasteiger partial charge on any atom is -0.496 e. The van der Waals surface area contributed by atoms with E-state index < -0.39 is 9.84 Å². The van der Waals surface area contributed by atoms with E-state index in [1.807, 2.05) is 0 Å². The van der Waals surface area contributed by atoms with Crippen molar-refractivity contribution in [1.29, 1.82) is 0 Å². The summed E-state index contributed by atoms with van der Waals surface area (Å²) in [6, 6.07) is 5.29. The highest BCUT2D eigenvalue weighted by Crippen LogP contribution is 2.27. The van der Waals surface area contributed by atoms with E-state index in [1.54, 1.807) is 32.4 Å². The topological polar surface area (TPSA) is 73.9 Å². The molecule has 6 nitrogen and oxygen atoms in total. The number of rotatable bonds is 9. The van der Waals surface area contributed by atoms with E-state index in [9.17, 15) is 8.42 Å². The molecule has 1 aromatic carbocycles. The first-order valence-corrected chi connectivity index (χ1v) is 8.25. The average molecular weight is 303 g/mol. The molecule has 0 unspecified atom stereocenters. The van der Waals surface area contributed by atoms with Crippen LogP contribution in [0.4, 0.5) is 0 Å². The Labute approximate surface area is 120 Å². The molecule has 0 heterocycles. The van der Waals surface area contributed by atoms with Crippen LogP contribution >= 0.6 is 0 Å². The lowest BCUT2D eigenvalue weighted by Gasteiger charge is -2.10. The molecule has 1 aromatic rings. The van der Waals surface area contributed by atoms with Crippen LogP contribution in [0.3, 0.4) is 0 Å². The van der Waals surface area contributed by atoms with Gasteiger partial charge in [-0.15, -0.1) is 0 Å². The first kappa shape index (κ1) is 16.6. The summed E-state index contributed by atoms with van der Waals surface area (Å²) in [7, 11) is 0.232. The minimum absolute atomic E-state index is 0.125. The van der Waals surface area contributed by atoms with E-state index in [4.69, 9.17) is 14.2 Å². The maximum absolute atomic E-state index is 10.9. The van der Waals surface area contributed by atoms with E-state index in [0.717, 1.165) is 0 Å². The molecule has 0 spiro atoms. The third-order valence-corrected chi connectivity index (χ3v) is 3.47. The lowest BCUT2D eigenvalue weighted by Crippen LogP contribution is -2.26. The molecule has 0 aliphatic carbocycles. The van der Waals surface area contributed by atoms with Gasteiger partial charge >= 0.3 is 0 Å². The average Bonchev–Trinajstić information content (AvgIpc) is 2.41. The Bertz CT molecular complexity index is 493. The fourth-order valence-electron chi connectivity index (χ4n) is 1.49. The van der Waals surface area contributed by atoms with Gasteiger partial charge in [-0.1, -0.05) is 0 Å². The van der Waals surface area contributed by atoms with Gasteiger partial charge in [0.25, 0.3) is 0 Å². The first-order valence-electron chi connectivity index (χ1n) is 6.19. The van der Waals surface area contributed by atoms with Crippen molar-refractivity contribution in [1.82, 2.24) is 5.32 Å². The second-order valence-corrected chi connectivity index (χ2v) is 6.54. The van der Waals surface area contributed by atoms with Crippen molar-refractivity contribution in [3.05, 3.63) is 18.2 Å². The second-order valence-electron chi connectivity index (χ2n) is 4.28. The summed E-state index contributed by atoms with van der Waals surface area (Å²) in [6.45, 7) is 1.42. The van der Waals surface area contributed by atoms with Gasteiger partial charge in [-0.25, -0.2) is 8.42 Å². The third kappa shape index (κ3) is 6.63. The molecule has 20 heavy (non-hydrogen) atoms. The largest absolute Gasteiger partial charge is 0.496 e. The molecular weight excluding hydrogens is 282 g/mol. The lowest BCUT2D eigenvalue weighted by atomic mass is 10.3. The Morgan fingerprint density at radius 2 is 1.55 bits per heavy atom. The summed E-state index contributed by atoms with van der Waals surface area (Å²) in [6.07, 6.45) is 1.22. The minimum atomic E-state index is -2.92. The van der Waals surface area contributed by atoms with Crippen LogP contribution in [0.5, 0.6) is 17.2 Å². The molecule has 0 atom stereocenters. The predicted molar refractivity (Wildman–Crippen MR) is 77.6 cm³/mol. The van der Waals surface area contributed by atoms with Crippen LogP contribution < -0.4 is 19.5 Å². The number of hydrogen-bond donors (Lipinski definition) is 1. The molecule has 0 amide bonds. The van der Waals surface area contributed by atoms with Crippen LogP contribution in [-0.4, -0.2) is 54.3 Å². The highest BCUT2D eigenvalue weighted by molar-refractivity contribution is 7.90.